The Kier molecular flexibility index (Phi) is 4.66. The van der Waals surface area contributed by atoms with Crippen LogP contribution in [-0.4, -0.2) is 45.4 Å². The average Bonchev–Trinajstić information content (AvgIpc) is 2.84. The van der Waals surface area contributed by atoms with Gasteiger partial charge in [-0.25, -0.2) is 9.37 Å². The lowest BCUT2D eigenvalue weighted by Gasteiger charge is -2.04. The normalized spacial score (nSPS) is 10.4. The Balaban J connectivity index is 1.85. The molecule has 2 amide bonds. The second-order valence-corrected chi connectivity index (χ2v) is 4.47. The van der Waals surface area contributed by atoms with Crippen molar-refractivity contribution in [2.45, 2.75) is 6.42 Å². The number of carbonyl (C=O) groups excluding carboxylic acids is 2. The number of rotatable bonds is 6. The average molecular weight is 308 g/mol. The summed E-state index contributed by atoms with van der Waals surface area (Å²) in [4.78, 5) is 37.3. The fraction of sp³-hybridized carbons (Fsp3) is 0.231. The van der Waals surface area contributed by atoms with Gasteiger partial charge < -0.3 is 20.1 Å². The molecule has 0 aliphatic carbocycles. The van der Waals surface area contributed by atoms with Crippen LogP contribution < -0.4 is 10.6 Å². The van der Waals surface area contributed by atoms with Crippen LogP contribution in [0.1, 0.15) is 5.69 Å². The van der Waals surface area contributed by atoms with Gasteiger partial charge in [0, 0.05) is 12.4 Å². The lowest BCUT2D eigenvalue weighted by atomic mass is 10.3. The second kappa shape index (κ2) is 6.66. The van der Waals surface area contributed by atoms with Crippen molar-refractivity contribution in [2.24, 2.45) is 0 Å². The Morgan fingerprint density at radius 2 is 1.86 bits per heavy atom. The van der Waals surface area contributed by atoms with Gasteiger partial charge in [0.05, 0.1) is 18.7 Å². The van der Waals surface area contributed by atoms with Crippen LogP contribution in [0.5, 0.6) is 0 Å². The molecule has 0 radical (unpaired) electrons. The number of amides is 2. The Hall–Kier alpha value is -2.97. The van der Waals surface area contributed by atoms with Gasteiger partial charge in [0.2, 0.25) is 11.8 Å². The second-order valence-electron chi connectivity index (χ2n) is 4.47. The molecule has 0 bridgehead atoms. The van der Waals surface area contributed by atoms with Crippen LogP contribution in [0.25, 0.3) is 5.65 Å². The standard InChI is InChI=1S/C13H13FN4O4/c14-8-1-2-10-17-9(7-18(10)6-8)3-11(19)15-4-12(20)16-5-13(21)22/h1-2,6-7H,3-5H2,(H,15,19)(H,16,20)(H,21,22). The molecule has 0 aliphatic rings. The molecule has 3 N–H and O–H groups in total. The van der Waals surface area contributed by atoms with Crippen molar-refractivity contribution < 1.29 is 23.9 Å². The van der Waals surface area contributed by atoms with E-state index < -0.39 is 30.1 Å². The summed E-state index contributed by atoms with van der Waals surface area (Å²) in [7, 11) is 0. The molecule has 2 heterocycles. The van der Waals surface area contributed by atoms with Crippen LogP contribution >= 0.6 is 0 Å². The molecule has 0 saturated carbocycles. The first kappa shape index (κ1) is 15.4. The van der Waals surface area contributed by atoms with E-state index in [4.69, 9.17) is 5.11 Å². The van der Waals surface area contributed by atoms with Gasteiger partial charge in [-0.1, -0.05) is 0 Å². The van der Waals surface area contributed by atoms with E-state index in [1.54, 1.807) is 0 Å². The fourth-order valence-electron chi connectivity index (χ4n) is 1.74. The Morgan fingerprint density at radius 1 is 1.14 bits per heavy atom. The summed E-state index contributed by atoms with van der Waals surface area (Å²) in [6.07, 6.45) is 2.68. The number of halogens is 1. The van der Waals surface area contributed by atoms with E-state index in [1.165, 1.54) is 28.9 Å². The minimum atomic E-state index is -1.17. The highest BCUT2D eigenvalue weighted by Gasteiger charge is 2.10. The lowest BCUT2D eigenvalue weighted by Crippen LogP contribution is -2.39. The molecular weight excluding hydrogens is 295 g/mol. The number of aliphatic carboxylic acids is 1. The predicted octanol–water partition coefficient (Wildman–Crippen LogP) is -0.667. The molecule has 0 atom stereocenters. The molecule has 0 fully saturated rings. The minimum absolute atomic E-state index is 0.0739. The minimum Gasteiger partial charge on any atom is -0.480 e. The van der Waals surface area contributed by atoms with Gasteiger partial charge in [0.15, 0.2) is 0 Å². The number of imidazole rings is 1. The highest BCUT2D eigenvalue weighted by Crippen LogP contribution is 2.07. The van der Waals surface area contributed by atoms with Gasteiger partial charge >= 0.3 is 5.97 Å². The fourth-order valence-corrected chi connectivity index (χ4v) is 1.74. The molecule has 0 aliphatic heterocycles. The number of carboxylic acids is 1. The number of carboxylic acid groups (broad SMARTS) is 1. The van der Waals surface area contributed by atoms with E-state index in [2.05, 4.69) is 15.6 Å². The number of nitrogens with one attached hydrogen (secondary N) is 2. The number of aromatic nitrogens is 2. The quantitative estimate of drug-likeness (QED) is 0.655. The smallest absolute Gasteiger partial charge is 0.322 e. The Morgan fingerprint density at radius 3 is 2.59 bits per heavy atom. The van der Waals surface area contributed by atoms with Crippen LogP contribution in [0.2, 0.25) is 0 Å². The van der Waals surface area contributed by atoms with Gasteiger partial charge in [-0.15, -0.1) is 0 Å². The van der Waals surface area contributed by atoms with E-state index in [0.29, 0.717) is 11.3 Å². The predicted molar refractivity (Wildman–Crippen MR) is 72.5 cm³/mol. The van der Waals surface area contributed by atoms with Crippen LogP contribution in [-0.2, 0) is 20.8 Å². The van der Waals surface area contributed by atoms with E-state index in [0.717, 1.165) is 0 Å². The molecule has 8 nitrogen and oxygen atoms in total. The van der Waals surface area contributed by atoms with E-state index >= 15 is 0 Å². The summed E-state index contributed by atoms with van der Waals surface area (Å²) in [5.74, 6) is -2.64. The first-order chi connectivity index (χ1) is 10.4. The summed E-state index contributed by atoms with van der Waals surface area (Å²) < 4.78 is 14.5. The van der Waals surface area contributed by atoms with Crippen LogP contribution in [0.15, 0.2) is 24.5 Å². The topological polar surface area (TPSA) is 113 Å². The van der Waals surface area contributed by atoms with Crippen LogP contribution in [0.4, 0.5) is 4.39 Å². The molecule has 116 valence electrons. The SMILES string of the molecule is O=C(O)CNC(=O)CNC(=O)Cc1cn2cc(F)ccc2n1. The molecule has 0 spiro atoms. The molecule has 2 rings (SSSR count). The van der Waals surface area contributed by atoms with Crippen molar-refractivity contribution in [1.29, 1.82) is 0 Å². The number of hydrogen-bond acceptors (Lipinski definition) is 4. The van der Waals surface area contributed by atoms with Gasteiger partial charge in [0.25, 0.3) is 0 Å². The van der Waals surface area contributed by atoms with Crippen molar-refractivity contribution in [3.05, 3.63) is 36.0 Å². The van der Waals surface area contributed by atoms with Crippen molar-refractivity contribution in [1.82, 2.24) is 20.0 Å². The zero-order chi connectivity index (χ0) is 16.1. The Bertz CT molecular complexity index is 728. The number of hydrogen-bond donors (Lipinski definition) is 3. The first-order valence-electron chi connectivity index (χ1n) is 6.32. The van der Waals surface area contributed by atoms with E-state index in [9.17, 15) is 18.8 Å². The molecule has 9 heteroatoms. The molecule has 2 aromatic rings. The van der Waals surface area contributed by atoms with Gasteiger partial charge in [0.1, 0.15) is 18.0 Å². The highest BCUT2D eigenvalue weighted by molar-refractivity contribution is 5.87. The number of fused-ring (bicyclic) bond motifs is 1. The van der Waals surface area contributed by atoms with Gasteiger partial charge in [-0.05, 0) is 12.1 Å². The summed E-state index contributed by atoms with van der Waals surface area (Å²) in [6.45, 7) is -0.833. The third-order valence-electron chi connectivity index (χ3n) is 2.69. The van der Waals surface area contributed by atoms with Crippen molar-refractivity contribution >= 4 is 23.4 Å². The molecule has 0 aromatic carbocycles. The monoisotopic (exact) mass is 308 g/mol. The summed E-state index contributed by atoms with van der Waals surface area (Å²) in [6, 6.07) is 2.75. The Labute approximate surface area is 124 Å². The zero-order valence-corrected chi connectivity index (χ0v) is 11.4. The highest BCUT2D eigenvalue weighted by atomic mass is 19.1. The van der Waals surface area contributed by atoms with Crippen LogP contribution in [0.3, 0.4) is 0 Å². The third kappa shape index (κ3) is 4.27. The first-order valence-corrected chi connectivity index (χ1v) is 6.32. The van der Waals surface area contributed by atoms with Crippen molar-refractivity contribution in [3.8, 4) is 0 Å². The molecule has 22 heavy (non-hydrogen) atoms. The summed E-state index contributed by atoms with van der Waals surface area (Å²) in [5.41, 5.74) is 0.928. The zero-order valence-electron chi connectivity index (χ0n) is 11.4. The van der Waals surface area contributed by atoms with Crippen molar-refractivity contribution in [2.75, 3.05) is 13.1 Å². The molecule has 0 saturated heterocycles. The summed E-state index contributed by atoms with van der Waals surface area (Å²) in [5, 5.41) is 12.8. The van der Waals surface area contributed by atoms with E-state index in [1.807, 2.05) is 0 Å². The molecule has 0 unspecified atom stereocenters. The maximum atomic E-state index is 13.0. The number of nitrogens with zero attached hydrogens (tertiary/aromatic N) is 2. The number of pyridine rings is 1. The van der Waals surface area contributed by atoms with Gasteiger partial charge in [-0.2, -0.15) is 0 Å². The molecular formula is C13H13FN4O4. The number of carbonyl (C=O) groups is 3. The third-order valence-corrected chi connectivity index (χ3v) is 2.69. The van der Waals surface area contributed by atoms with Crippen LogP contribution in [0, 0.1) is 5.82 Å². The molecule has 2 aromatic heterocycles. The maximum absolute atomic E-state index is 13.0. The summed E-state index contributed by atoms with van der Waals surface area (Å²) >= 11 is 0. The van der Waals surface area contributed by atoms with Gasteiger partial charge in [-0.3, -0.25) is 14.4 Å². The lowest BCUT2D eigenvalue weighted by molar-refractivity contribution is -0.137. The van der Waals surface area contributed by atoms with Crippen molar-refractivity contribution in [3.63, 3.8) is 0 Å². The maximum Gasteiger partial charge on any atom is 0.322 e. The van der Waals surface area contributed by atoms with E-state index in [-0.39, 0.29) is 13.0 Å². The largest absolute Gasteiger partial charge is 0.480 e.